The predicted octanol–water partition coefficient (Wildman–Crippen LogP) is 2.97. The van der Waals surface area contributed by atoms with Crippen LogP contribution in [0.3, 0.4) is 0 Å². The van der Waals surface area contributed by atoms with Crippen LogP contribution in [0.5, 0.6) is 0 Å². The Balaban J connectivity index is 2.00. The molecule has 2 rings (SSSR count). The zero-order chi connectivity index (χ0) is 15.2. The number of nitrogens with zero attached hydrogens (tertiary/aromatic N) is 1. The number of aromatic nitrogens is 1. The van der Waals surface area contributed by atoms with Gasteiger partial charge in [0, 0.05) is 17.3 Å². The number of carbonyl (C=O) groups excluding carboxylic acids is 2. The molecule has 0 saturated carbocycles. The van der Waals surface area contributed by atoms with E-state index in [0.29, 0.717) is 10.6 Å². The Morgan fingerprint density at radius 1 is 1.38 bits per heavy atom. The van der Waals surface area contributed by atoms with Gasteiger partial charge in [0.2, 0.25) is 5.91 Å². The molecule has 0 aliphatic heterocycles. The first-order chi connectivity index (χ1) is 10.1. The summed E-state index contributed by atoms with van der Waals surface area (Å²) in [5, 5.41) is 4.60. The van der Waals surface area contributed by atoms with Crippen LogP contribution in [0.1, 0.15) is 15.2 Å². The zero-order valence-electron chi connectivity index (χ0n) is 11.6. The summed E-state index contributed by atoms with van der Waals surface area (Å²) in [4.78, 5) is 28.9. The summed E-state index contributed by atoms with van der Waals surface area (Å²) in [6.45, 7) is 1.84. The first-order valence-electron chi connectivity index (χ1n) is 6.11. The van der Waals surface area contributed by atoms with Gasteiger partial charge in [0.25, 0.3) is 0 Å². The first kappa shape index (κ1) is 15.5. The Labute approximate surface area is 130 Å². The SMILES string of the molecule is COC(=O)c1scc(C)c1NC(=O)CSc1ccncc1. The van der Waals surface area contributed by atoms with Crippen molar-refractivity contribution in [2.45, 2.75) is 11.8 Å². The lowest BCUT2D eigenvalue weighted by Gasteiger charge is -2.07. The number of methoxy groups -OCH3 is 1. The van der Waals surface area contributed by atoms with E-state index >= 15 is 0 Å². The van der Waals surface area contributed by atoms with Crippen LogP contribution in [0.25, 0.3) is 0 Å². The van der Waals surface area contributed by atoms with Crippen LogP contribution in [-0.2, 0) is 9.53 Å². The van der Waals surface area contributed by atoms with Crippen molar-refractivity contribution in [1.29, 1.82) is 0 Å². The molecule has 1 N–H and O–H groups in total. The highest BCUT2D eigenvalue weighted by atomic mass is 32.2. The Bertz CT molecular complexity index is 641. The molecule has 2 heterocycles. The van der Waals surface area contributed by atoms with Crippen molar-refractivity contribution in [1.82, 2.24) is 4.98 Å². The summed E-state index contributed by atoms with van der Waals surface area (Å²) in [5.74, 6) is -0.339. The topological polar surface area (TPSA) is 68.3 Å². The average molecular weight is 322 g/mol. The third kappa shape index (κ3) is 4.05. The molecule has 0 radical (unpaired) electrons. The monoisotopic (exact) mass is 322 g/mol. The largest absolute Gasteiger partial charge is 0.465 e. The van der Waals surface area contributed by atoms with Gasteiger partial charge in [-0.05, 0) is 30.0 Å². The van der Waals surface area contributed by atoms with Crippen LogP contribution in [0, 0.1) is 6.92 Å². The Kier molecular flexibility index (Phi) is 5.35. The van der Waals surface area contributed by atoms with Gasteiger partial charge in [-0.25, -0.2) is 4.79 Å². The minimum absolute atomic E-state index is 0.163. The second-order valence-electron chi connectivity index (χ2n) is 4.13. The number of ether oxygens (including phenoxy) is 1. The minimum Gasteiger partial charge on any atom is -0.465 e. The van der Waals surface area contributed by atoms with Crippen LogP contribution in [0.15, 0.2) is 34.8 Å². The van der Waals surface area contributed by atoms with E-state index in [1.54, 1.807) is 12.4 Å². The molecule has 0 saturated heterocycles. The van der Waals surface area contributed by atoms with Crippen LogP contribution < -0.4 is 5.32 Å². The fourth-order valence-electron chi connectivity index (χ4n) is 1.60. The molecule has 1 amide bonds. The van der Waals surface area contributed by atoms with Crippen molar-refractivity contribution >= 4 is 40.7 Å². The zero-order valence-corrected chi connectivity index (χ0v) is 13.2. The lowest BCUT2D eigenvalue weighted by atomic mass is 10.2. The summed E-state index contributed by atoms with van der Waals surface area (Å²) < 4.78 is 4.71. The van der Waals surface area contributed by atoms with Crippen molar-refractivity contribution in [3.8, 4) is 0 Å². The van der Waals surface area contributed by atoms with Gasteiger partial charge < -0.3 is 10.1 Å². The van der Waals surface area contributed by atoms with Crippen LogP contribution in [-0.4, -0.2) is 29.7 Å². The number of anilines is 1. The molecule has 0 fully saturated rings. The molecule has 0 unspecified atom stereocenters. The van der Waals surface area contributed by atoms with E-state index in [9.17, 15) is 9.59 Å². The molecule has 0 aromatic carbocycles. The van der Waals surface area contributed by atoms with Gasteiger partial charge in [-0.2, -0.15) is 0 Å². The summed E-state index contributed by atoms with van der Waals surface area (Å²) in [6.07, 6.45) is 3.36. The highest BCUT2D eigenvalue weighted by Gasteiger charge is 2.18. The lowest BCUT2D eigenvalue weighted by Crippen LogP contribution is -2.16. The van der Waals surface area contributed by atoms with Gasteiger partial charge >= 0.3 is 5.97 Å². The van der Waals surface area contributed by atoms with Crippen molar-refractivity contribution in [3.05, 3.63) is 40.3 Å². The maximum Gasteiger partial charge on any atom is 0.350 e. The number of pyridine rings is 1. The van der Waals surface area contributed by atoms with Gasteiger partial charge in [-0.15, -0.1) is 23.1 Å². The number of aryl methyl sites for hydroxylation is 1. The predicted molar refractivity (Wildman–Crippen MR) is 84.0 cm³/mol. The van der Waals surface area contributed by atoms with Crippen LogP contribution >= 0.6 is 23.1 Å². The van der Waals surface area contributed by atoms with Crippen LogP contribution in [0.4, 0.5) is 5.69 Å². The number of thioether (sulfide) groups is 1. The Morgan fingerprint density at radius 2 is 2.10 bits per heavy atom. The smallest absolute Gasteiger partial charge is 0.350 e. The summed E-state index contributed by atoms with van der Waals surface area (Å²) in [5.41, 5.74) is 1.38. The normalized spacial score (nSPS) is 10.2. The van der Waals surface area contributed by atoms with Crippen molar-refractivity contribution in [3.63, 3.8) is 0 Å². The van der Waals surface area contributed by atoms with E-state index in [4.69, 9.17) is 4.74 Å². The van der Waals surface area contributed by atoms with Gasteiger partial charge in [0.1, 0.15) is 4.88 Å². The highest BCUT2D eigenvalue weighted by molar-refractivity contribution is 8.00. The molecule has 0 atom stereocenters. The van der Waals surface area contributed by atoms with Crippen molar-refractivity contribution in [2.75, 3.05) is 18.2 Å². The molecule has 0 aliphatic carbocycles. The Hall–Kier alpha value is -1.86. The molecule has 7 heteroatoms. The molecule has 110 valence electrons. The maximum atomic E-state index is 12.0. The quantitative estimate of drug-likeness (QED) is 0.677. The molecular formula is C14H14N2O3S2. The molecule has 0 spiro atoms. The molecular weight excluding hydrogens is 308 g/mol. The first-order valence-corrected chi connectivity index (χ1v) is 7.97. The molecule has 0 bridgehead atoms. The fourth-order valence-corrected chi connectivity index (χ4v) is 3.21. The number of thiophene rings is 1. The molecule has 2 aromatic rings. The second kappa shape index (κ2) is 7.24. The summed E-state index contributed by atoms with van der Waals surface area (Å²) in [6, 6.07) is 3.68. The average Bonchev–Trinajstić information content (AvgIpc) is 2.86. The standard InChI is InChI=1S/C14H14N2O3S2/c1-9-7-21-13(14(18)19-2)12(9)16-11(17)8-20-10-3-5-15-6-4-10/h3-7H,8H2,1-2H3,(H,16,17). The number of hydrogen-bond donors (Lipinski definition) is 1. The number of rotatable bonds is 5. The molecule has 0 aliphatic rings. The van der Waals surface area contributed by atoms with Gasteiger partial charge in [0.15, 0.2) is 0 Å². The third-order valence-corrected chi connectivity index (χ3v) is 4.72. The van der Waals surface area contributed by atoms with Gasteiger partial charge in [0.05, 0.1) is 18.6 Å². The number of esters is 1. The third-order valence-electron chi connectivity index (χ3n) is 2.63. The number of hydrogen-bond acceptors (Lipinski definition) is 6. The van der Waals surface area contributed by atoms with E-state index in [2.05, 4.69) is 10.3 Å². The molecule has 2 aromatic heterocycles. The van der Waals surface area contributed by atoms with E-state index in [1.165, 1.54) is 30.2 Å². The van der Waals surface area contributed by atoms with Crippen molar-refractivity contribution < 1.29 is 14.3 Å². The lowest BCUT2D eigenvalue weighted by molar-refractivity contribution is -0.113. The number of amides is 1. The number of nitrogens with one attached hydrogen (secondary N) is 1. The highest BCUT2D eigenvalue weighted by Crippen LogP contribution is 2.28. The van der Waals surface area contributed by atoms with E-state index in [1.807, 2.05) is 24.4 Å². The van der Waals surface area contributed by atoms with Crippen molar-refractivity contribution in [2.24, 2.45) is 0 Å². The molecule has 5 nitrogen and oxygen atoms in total. The minimum atomic E-state index is -0.440. The van der Waals surface area contributed by atoms with Gasteiger partial charge in [-0.3, -0.25) is 9.78 Å². The summed E-state index contributed by atoms with van der Waals surface area (Å²) in [7, 11) is 1.32. The second-order valence-corrected chi connectivity index (χ2v) is 6.06. The fraction of sp³-hybridized carbons (Fsp3) is 0.214. The van der Waals surface area contributed by atoms with E-state index in [-0.39, 0.29) is 11.7 Å². The maximum absolute atomic E-state index is 12.0. The molecule has 21 heavy (non-hydrogen) atoms. The summed E-state index contributed by atoms with van der Waals surface area (Å²) >= 11 is 2.67. The van der Waals surface area contributed by atoms with Gasteiger partial charge in [-0.1, -0.05) is 0 Å². The number of carbonyl (C=O) groups is 2. The van der Waals surface area contributed by atoms with Crippen LogP contribution in [0.2, 0.25) is 0 Å². The van der Waals surface area contributed by atoms with E-state index < -0.39 is 5.97 Å². The van der Waals surface area contributed by atoms with E-state index in [0.717, 1.165) is 10.5 Å². The Morgan fingerprint density at radius 3 is 2.76 bits per heavy atom.